The SMILES string of the molecule is CCOc1cc(CNc2nn[nH]n2)cc(Br)c1OCc1ccc(C)cc1. The van der Waals surface area contributed by atoms with Crippen molar-refractivity contribution in [2.24, 2.45) is 0 Å². The summed E-state index contributed by atoms with van der Waals surface area (Å²) < 4.78 is 12.6. The Morgan fingerprint density at radius 2 is 1.92 bits per heavy atom. The van der Waals surface area contributed by atoms with Crippen LogP contribution in [0.25, 0.3) is 0 Å². The minimum atomic E-state index is 0.443. The number of nitrogens with zero attached hydrogens (tertiary/aromatic N) is 3. The van der Waals surface area contributed by atoms with Crippen molar-refractivity contribution in [1.82, 2.24) is 20.6 Å². The summed E-state index contributed by atoms with van der Waals surface area (Å²) >= 11 is 3.59. The standard InChI is InChI=1S/C18H20BrN5O2/c1-3-25-16-9-14(10-20-18-21-23-24-22-18)8-15(19)17(16)26-11-13-6-4-12(2)5-7-13/h4-9H,3,10-11H2,1-2H3,(H2,20,21,22,23,24). The van der Waals surface area contributed by atoms with Gasteiger partial charge in [-0.3, -0.25) is 0 Å². The third-order valence-electron chi connectivity index (χ3n) is 3.67. The number of nitrogens with one attached hydrogen (secondary N) is 2. The molecule has 0 aliphatic heterocycles. The number of H-pyrrole nitrogens is 1. The molecular formula is C18H20BrN5O2. The van der Waals surface area contributed by atoms with E-state index in [0.29, 0.717) is 37.2 Å². The number of hydrogen-bond acceptors (Lipinski definition) is 6. The Bertz CT molecular complexity index is 838. The first-order valence-corrected chi connectivity index (χ1v) is 9.06. The van der Waals surface area contributed by atoms with Crippen LogP contribution in [0.2, 0.25) is 0 Å². The van der Waals surface area contributed by atoms with E-state index in [-0.39, 0.29) is 0 Å². The highest BCUT2D eigenvalue weighted by atomic mass is 79.9. The van der Waals surface area contributed by atoms with Gasteiger partial charge in [-0.2, -0.15) is 5.21 Å². The Hall–Kier alpha value is -2.61. The number of halogens is 1. The van der Waals surface area contributed by atoms with E-state index in [1.54, 1.807) is 0 Å². The Balaban J connectivity index is 1.74. The zero-order valence-electron chi connectivity index (χ0n) is 14.6. The van der Waals surface area contributed by atoms with Gasteiger partial charge in [0.05, 0.1) is 11.1 Å². The molecule has 0 aliphatic carbocycles. The average Bonchev–Trinajstić information content (AvgIpc) is 3.14. The molecule has 1 heterocycles. The fourth-order valence-electron chi connectivity index (χ4n) is 2.38. The molecule has 7 nitrogen and oxygen atoms in total. The molecule has 0 saturated heterocycles. The molecule has 3 aromatic rings. The molecule has 0 bridgehead atoms. The van der Waals surface area contributed by atoms with Crippen molar-refractivity contribution in [2.45, 2.75) is 27.0 Å². The number of aryl methyl sites for hydroxylation is 1. The lowest BCUT2D eigenvalue weighted by molar-refractivity contribution is 0.267. The molecule has 0 spiro atoms. The summed E-state index contributed by atoms with van der Waals surface area (Å²) in [5, 5.41) is 16.8. The molecule has 0 saturated carbocycles. The second kappa shape index (κ2) is 8.66. The first kappa shape index (κ1) is 18.2. The highest BCUT2D eigenvalue weighted by Gasteiger charge is 2.13. The van der Waals surface area contributed by atoms with Gasteiger partial charge in [-0.05, 0) is 58.3 Å². The number of rotatable bonds is 8. The summed E-state index contributed by atoms with van der Waals surface area (Å²) in [4.78, 5) is 0. The number of benzene rings is 2. The fourth-order valence-corrected chi connectivity index (χ4v) is 2.99. The molecular weight excluding hydrogens is 398 g/mol. The molecule has 136 valence electrons. The Morgan fingerprint density at radius 1 is 1.12 bits per heavy atom. The van der Waals surface area contributed by atoms with Gasteiger partial charge in [-0.15, -0.1) is 5.10 Å². The monoisotopic (exact) mass is 417 g/mol. The van der Waals surface area contributed by atoms with Crippen LogP contribution in [0.4, 0.5) is 5.95 Å². The maximum atomic E-state index is 6.02. The van der Waals surface area contributed by atoms with Crippen LogP contribution in [0.1, 0.15) is 23.6 Å². The van der Waals surface area contributed by atoms with E-state index in [4.69, 9.17) is 9.47 Å². The van der Waals surface area contributed by atoms with Crippen molar-refractivity contribution in [2.75, 3.05) is 11.9 Å². The second-order valence-corrected chi connectivity index (χ2v) is 6.56. The molecule has 8 heteroatoms. The third-order valence-corrected chi connectivity index (χ3v) is 4.26. The topological polar surface area (TPSA) is 85.0 Å². The predicted octanol–water partition coefficient (Wildman–Crippen LogP) is 3.86. The number of anilines is 1. The van der Waals surface area contributed by atoms with Crippen LogP contribution in [0.3, 0.4) is 0 Å². The van der Waals surface area contributed by atoms with E-state index >= 15 is 0 Å². The van der Waals surface area contributed by atoms with Crippen LogP contribution in [-0.2, 0) is 13.2 Å². The zero-order chi connectivity index (χ0) is 18.4. The maximum Gasteiger partial charge on any atom is 0.263 e. The molecule has 1 aromatic heterocycles. The summed E-state index contributed by atoms with van der Waals surface area (Å²) in [7, 11) is 0. The van der Waals surface area contributed by atoms with Gasteiger partial charge in [0.2, 0.25) is 0 Å². The van der Waals surface area contributed by atoms with Crippen LogP contribution in [0.5, 0.6) is 11.5 Å². The van der Waals surface area contributed by atoms with Gasteiger partial charge in [0.1, 0.15) is 6.61 Å². The number of tetrazole rings is 1. The van der Waals surface area contributed by atoms with Gasteiger partial charge in [0.15, 0.2) is 11.5 Å². The van der Waals surface area contributed by atoms with Gasteiger partial charge in [-0.25, -0.2) is 0 Å². The van der Waals surface area contributed by atoms with Crippen molar-refractivity contribution in [3.8, 4) is 11.5 Å². The van der Waals surface area contributed by atoms with Gasteiger partial charge in [0, 0.05) is 6.54 Å². The Morgan fingerprint density at radius 3 is 2.62 bits per heavy atom. The highest BCUT2D eigenvalue weighted by molar-refractivity contribution is 9.10. The summed E-state index contributed by atoms with van der Waals surface area (Å²) in [6, 6.07) is 12.2. The second-order valence-electron chi connectivity index (χ2n) is 5.70. The quantitative estimate of drug-likeness (QED) is 0.578. The molecule has 0 amide bonds. The number of aromatic amines is 1. The van der Waals surface area contributed by atoms with Crippen molar-refractivity contribution in [3.05, 3.63) is 57.6 Å². The molecule has 3 rings (SSSR count). The van der Waals surface area contributed by atoms with Crippen LogP contribution in [0, 0.1) is 6.92 Å². The van der Waals surface area contributed by atoms with E-state index in [1.165, 1.54) is 5.56 Å². The molecule has 0 aliphatic rings. The van der Waals surface area contributed by atoms with E-state index in [0.717, 1.165) is 15.6 Å². The number of hydrogen-bond donors (Lipinski definition) is 2. The molecule has 0 fully saturated rings. The van der Waals surface area contributed by atoms with Gasteiger partial charge < -0.3 is 14.8 Å². The number of aromatic nitrogens is 4. The van der Waals surface area contributed by atoms with E-state index in [2.05, 4.69) is 73.1 Å². The largest absolute Gasteiger partial charge is 0.490 e. The van der Waals surface area contributed by atoms with Crippen LogP contribution < -0.4 is 14.8 Å². The summed E-state index contributed by atoms with van der Waals surface area (Å²) in [5.41, 5.74) is 3.34. The van der Waals surface area contributed by atoms with Gasteiger partial charge >= 0.3 is 0 Å². The van der Waals surface area contributed by atoms with E-state index < -0.39 is 0 Å². The van der Waals surface area contributed by atoms with Crippen LogP contribution >= 0.6 is 15.9 Å². The predicted molar refractivity (Wildman–Crippen MR) is 102 cm³/mol. The molecule has 0 radical (unpaired) electrons. The first-order chi connectivity index (χ1) is 12.7. The molecule has 0 unspecified atom stereocenters. The van der Waals surface area contributed by atoms with Crippen molar-refractivity contribution in [1.29, 1.82) is 0 Å². The fraction of sp³-hybridized carbons (Fsp3) is 0.278. The Labute approximate surface area is 160 Å². The van der Waals surface area contributed by atoms with Crippen molar-refractivity contribution >= 4 is 21.9 Å². The number of ether oxygens (including phenoxy) is 2. The molecule has 26 heavy (non-hydrogen) atoms. The summed E-state index contributed by atoms with van der Waals surface area (Å²) in [6.07, 6.45) is 0. The minimum absolute atomic E-state index is 0.443. The summed E-state index contributed by atoms with van der Waals surface area (Å²) in [6.45, 7) is 5.57. The minimum Gasteiger partial charge on any atom is -0.490 e. The van der Waals surface area contributed by atoms with Crippen LogP contribution in [0.15, 0.2) is 40.9 Å². The Kier molecular flexibility index (Phi) is 6.06. The van der Waals surface area contributed by atoms with Gasteiger partial charge in [0.25, 0.3) is 5.95 Å². The van der Waals surface area contributed by atoms with Gasteiger partial charge in [-0.1, -0.05) is 34.9 Å². The molecule has 2 N–H and O–H groups in total. The van der Waals surface area contributed by atoms with E-state index in [9.17, 15) is 0 Å². The normalized spacial score (nSPS) is 10.6. The van der Waals surface area contributed by atoms with Crippen LogP contribution in [-0.4, -0.2) is 27.2 Å². The first-order valence-electron chi connectivity index (χ1n) is 8.26. The zero-order valence-corrected chi connectivity index (χ0v) is 16.2. The average molecular weight is 418 g/mol. The summed E-state index contributed by atoms with van der Waals surface area (Å²) in [5.74, 6) is 1.83. The molecule has 2 aromatic carbocycles. The van der Waals surface area contributed by atoms with E-state index in [1.807, 2.05) is 19.1 Å². The van der Waals surface area contributed by atoms with Crippen molar-refractivity contribution < 1.29 is 9.47 Å². The van der Waals surface area contributed by atoms with Crippen molar-refractivity contribution in [3.63, 3.8) is 0 Å². The third kappa shape index (κ3) is 4.72. The molecule has 0 atom stereocenters. The highest BCUT2D eigenvalue weighted by Crippen LogP contribution is 2.37. The lowest BCUT2D eigenvalue weighted by atomic mass is 10.1. The lowest BCUT2D eigenvalue weighted by Gasteiger charge is -2.16. The lowest BCUT2D eigenvalue weighted by Crippen LogP contribution is -2.04. The smallest absolute Gasteiger partial charge is 0.263 e. The maximum absolute atomic E-state index is 6.02.